The lowest BCUT2D eigenvalue weighted by molar-refractivity contribution is -0.120. The van der Waals surface area contributed by atoms with Crippen molar-refractivity contribution in [1.82, 2.24) is 20.1 Å². The lowest BCUT2D eigenvalue weighted by Crippen LogP contribution is -2.48. The summed E-state index contributed by atoms with van der Waals surface area (Å²) in [7, 11) is 0. The Morgan fingerprint density at radius 1 is 1.18 bits per heavy atom. The minimum atomic E-state index is -0.112. The van der Waals surface area contributed by atoms with Gasteiger partial charge in [-0.2, -0.15) is 5.10 Å². The molecule has 0 radical (unpaired) electrons. The van der Waals surface area contributed by atoms with E-state index in [2.05, 4.69) is 20.7 Å². The number of hydrogen-bond donors (Lipinski definition) is 2. The van der Waals surface area contributed by atoms with Gasteiger partial charge in [0.2, 0.25) is 11.8 Å². The molecular weight excluding hydrogens is 356 g/mol. The fourth-order valence-electron chi connectivity index (χ4n) is 3.06. The molecule has 2 aromatic heterocycles. The van der Waals surface area contributed by atoms with E-state index < -0.39 is 0 Å². The molecule has 0 atom stereocenters. The quantitative estimate of drug-likeness (QED) is 0.702. The number of rotatable bonds is 5. The molecule has 0 unspecified atom stereocenters. The smallest absolute Gasteiger partial charge is 0.239 e. The number of hydrogen-bond acceptors (Lipinski definition) is 5. The van der Waals surface area contributed by atoms with Crippen LogP contribution in [0.5, 0.6) is 0 Å². The first-order valence-electron chi connectivity index (χ1n) is 9.04. The van der Waals surface area contributed by atoms with Crippen molar-refractivity contribution in [1.29, 1.82) is 0 Å². The number of nitrogens with zero attached hydrogens (tertiary/aromatic N) is 4. The molecule has 0 spiro atoms. The standard InChI is InChI=1S/C20H20N6O2/c27-19(12-15-2-5-17(6-3-15)26-10-1-8-23-26)24-16-4-7-18(22-13-16)25-11-9-21-20(28)14-25/h1-8,10,13H,9,11-12,14H2,(H,21,28)(H,24,27). The molecule has 142 valence electrons. The summed E-state index contributed by atoms with van der Waals surface area (Å²) >= 11 is 0. The van der Waals surface area contributed by atoms with Crippen LogP contribution in [0.2, 0.25) is 0 Å². The van der Waals surface area contributed by atoms with Crippen molar-refractivity contribution in [2.45, 2.75) is 6.42 Å². The van der Waals surface area contributed by atoms with E-state index in [0.717, 1.165) is 23.6 Å². The van der Waals surface area contributed by atoms with Crippen LogP contribution >= 0.6 is 0 Å². The number of pyridine rings is 1. The lowest BCUT2D eigenvalue weighted by atomic mass is 10.1. The van der Waals surface area contributed by atoms with Gasteiger partial charge in [-0.25, -0.2) is 9.67 Å². The SMILES string of the molecule is O=C1CN(c2ccc(NC(=O)Cc3ccc(-n4cccn4)cc3)cn2)CCN1. The summed E-state index contributed by atoms with van der Waals surface area (Å²) in [4.78, 5) is 30.1. The van der Waals surface area contributed by atoms with E-state index in [0.29, 0.717) is 18.8 Å². The van der Waals surface area contributed by atoms with E-state index in [1.807, 2.05) is 47.5 Å². The molecule has 0 bridgehead atoms. The van der Waals surface area contributed by atoms with Crippen LogP contribution < -0.4 is 15.5 Å². The summed E-state index contributed by atoms with van der Waals surface area (Å²) in [5, 5.41) is 9.82. The van der Waals surface area contributed by atoms with Crippen molar-refractivity contribution in [2.75, 3.05) is 29.9 Å². The number of nitrogens with one attached hydrogen (secondary N) is 2. The second-order valence-electron chi connectivity index (χ2n) is 6.52. The van der Waals surface area contributed by atoms with Gasteiger partial charge in [0.1, 0.15) is 5.82 Å². The van der Waals surface area contributed by atoms with Gasteiger partial charge in [0, 0.05) is 25.5 Å². The first-order valence-corrected chi connectivity index (χ1v) is 9.04. The predicted molar refractivity (Wildman–Crippen MR) is 105 cm³/mol. The minimum absolute atomic E-state index is 0.0102. The van der Waals surface area contributed by atoms with Crippen molar-refractivity contribution < 1.29 is 9.59 Å². The minimum Gasteiger partial charge on any atom is -0.353 e. The Kier molecular flexibility index (Phi) is 5.01. The maximum Gasteiger partial charge on any atom is 0.239 e. The summed E-state index contributed by atoms with van der Waals surface area (Å²) < 4.78 is 1.77. The number of carbonyl (C=O) groups excluding carboxylic acids is 2. The topological polar surface area (TPSA) is 92.2 Å². The maximum atomic E-state index is 12.3. The highest BCUT2D eigenvalue weighted by atomic mass is 16.2. The molecule has 3 heterocycles. The van der Waals surface area contributed by atoms with Gasteiger partial charge < -0.3 is 15.5 Å². The van der Waals surface area contributed by atoms with E-state index in [1.165, 1.54) is 0 Å². The third-order valence-electron chi connectivity index (χ3n) is 4.46. The number of piperazine rings is 1. The molecular formula is C20H20N6O2. The Morgan fingerprint density at radius 3 is 2.71 bits per heavy atom. The van der Waals surface area contributed by atoms with Crippen molar-refractivity contribution >= 4 is 23.3 Å². The van der Waals surface area contributed by atoms with E-state index in [4.69, 9.17) is 0 Å². The van der Waals surface area contributed by atoms with Crippen LogP contribution in [0.25, 0.3) is 5.69 Å². The molecule has 8 heteroatoms. The lowest BCUT2D eigenvalue weighted by Gasteiger charge is -2.27. The Bertz CT molecular complexity index is 951. The zero-order valence-corrected chi connectivity index (χ0v) is 15.2. The Hall–Kier alpha value is -3.68. The molecule has 1 aromatic carbocycles. The molecule has 1 aliphatic heterocycles. The van der Waals surface area contributed by atoms with Crippen molar-refractivity contribution in [3.8, 4) is 5.69 Å². The number of amides is 2. The Morgan fingerprint density at radius 2 is 2.04 bits per heavy atom. The fraction of sp³-hybridized carbons (Fsp3) is 0.200. The summed E-state index contributed by atoms with van der Waals surface area (Å²) in [5.74, 6) is 0.602. The summed E-state index contributed by atoms with van der Waals surface area (Å²) in [6.45, 7) is 1.63. The van der Waals surface area contributed by atoms with Crippen molar-refractivity contribution in [2.24, 2.45) is 0 Å². The molecule has 1 aliphatic rings. The van der Waals surface area contributed by atoms with Crippen LogP contribution in [0, 0.1) is 0 Å². The van der Waals surface area contributed by atoms with Crippen LogP contribution in [0.4, 0.5) is 11.5 Å². The average molecular weight is 376 g/mol. The fourth-order valence-corrected chi connectivity index (χ4v) is 3.06. The van der Waals surface area contributed by atoms with Crippen LogP contribution in [-0.2, 0) is 16.0 Å². The maximum absolute atomic E-state index is 12.3. The molecule has 2 N–H and O–H groups in total. The van der Waals surface area contributed by atoms with Gasteiger partial charge in [0.15, 0.2) is 0 Å². The van der Waals surface area contributed by atoms with E-state index >= 15 is 0 Å². The second kappa shape index (κ2) is 7.91. The van der Waals surface area contributed by atoms with E-state index in [1.54, 1.807) is 23.1 Å². The average Bonchev–Trinajstić information content (AvgIpc) is 3.24. The first kappa shape index (κ1) is 17.7. The van der Waals surface area contributed by atoms with Gasteiger partial charge in [0.05, 0.1) is 30.5 Å². The molecule has 28 heavy (non-hydrogen) atoms. The van der Waals surface area contributed by atoms with Gasteiger partial charge in [-0.05, 0) is 35.9 Å². The van der Waals surface area contributed by atoms with Crippen LogP contribution in [0.1, 0.15) is 5.56 Å². The molecule has 1 fully saturated rings. The molecule has 4 rings (SSSR count). The van der Waals surface area contributed by atoms with Gasteiger partial charge in [-0.1, -0.05) is 12.1 Å². The molecule has 1 saturated heterocycles. The number of carbonyl (C=O) groups is 2. The molecule has 0 saturated carbocycles. The molecule has 3 aromatic rings. The highest BCUT2D eigenvalue weighted by Gasteiger charge is 2.17. The summed E-state index contributed by atoms with van der Waals surface area (Å²) in [5.41, 5.74) is 2.49. The molecule has 8 nitrogen and oxygen atoms in total. The third-order valence-corrected chi connectivity index (χ3v) is 4.46. The summed E-state index contributed by atoms with van der Waals surface area (Å²) in [6.07, 6.45) is 5.48. The number of anilines is 2. The van der Waals surface area contributed by atoms with Gasteiger partial charge in [0.25, 0.3) is 0 Å². The predicted octanol–water partition coefficient (Wildman–Crippen LogP) is 1.38. The second-order valence-corrected chi connectivity index (χ2v) is 6.52. The molecule has 0 aliphatic carbocycles. The monoisotopic (exact) mass is 376 g/mol. The van der Waals surface area contributed by atoms with E-state index in [9.17, 15) is 9.59 Å². The molecule has 2 amide bonds. The summed E-state index contributed by atoms with van der Waals surface area (Å²) in [6, 6.07) is 13.2. The highest BCUT2D eigenvalue weighted by molar-refractivity contribution is 5.92. The van der Waals surface area contributed by atoms with Crippen molar-refractivity contribution in [3.05, 3.63) is 66.6 Å². The van der Waals surface area contributed by atoms with Gasteiger partial charge in [-0.15, -0.1) is 0 Å². The highest BCUT2D eigenvalue weighted by Crippen LogP contribution is 2.15. The largest absolute Gasteiger partial charge is 0.353 e. The first-order chi connectivity index (χ1) is 13.7. The Balaban J connectivity index is 1.34. The zero-order valence-electron chi connectivity index (χ0n) is 15.2. The van der Waals surface area contributed by atoms with Gasteiger partial charge in [-0.3, -0.25) is 9.59 Å². The van der Waals surface area contributed by atoms with E-state index in [-0.39, 0.29) is 18.2 Å². The van der Waals surface area contributed by atoms with Crippen LogP contribution in [0.15, 0.2) is 61.1 Å². The van der Waals surface area contributed by atoms with Gasteiger partial charge >= 0.3 is 0 Å². The normalized spacial score (nSPS) is 13.9. The van der Waals surface area contributed by atoms with Crippen molar-refractivity contribution in [3.63, 3.8) is 0 Å². The Labute approximate surface area is 162 Å². The zero-order chi connectivity index (χ0) is 19.3. The number of benzene rings is 1. The third kappa shape index (κ3) is 4.17. The number of aromatic nitrogens is 3. The van der Waals surface area contributed by atoms with Crippen LogP contribution in [0.3, 0.4) is 0 Å². The van der Waals surface area contributed by atoms with Crippen LogP contribution in [-0.4, -0.2) is 46.2 Å².